The van der Waals surface area contributed by atoms with Gasteiger partial charge in [-0.15, -0.1) is 0 Å². The smallest absolute Gasteiger partial charge is 0.286 e. The number of pyridine rings is 1. The van der Waals surface area contributed by atoms with Gasteiger partial charge < -0.3 is 4.74 Å². The molecule has 1 spiro atoms. The Hall–Kier alpha value is -2.13. The molecule has 1 amide bonds. The molecule has 0 bridgehead atoms. The summed E-state index contributed by atoms with van der Waals surface area (Å²) in [5.41, 5.74) is -0.204. The molecule has 0 radical (unpaired) electrons. The summed E-state index contributed by atoms with van der Waals surface area (Å²) in [6, 6.07) is 4.26. The van der Waals surface area contributed by atoms with Gasteiger partial charge in [-0.1, -0.05) is 0 Å². The Morgan fingerprint density at radius 3 is 2.60 bits per heavy atom. The Bertz CT molecular complexity index is 987. The van der Waals surface area contributed by atoms with Gasteiger partial charge in [0.25, 0.3) is 5.91 Å². The van der Waals surface area contributed by atoms with E-state index >= 15 is 0 Å². The summed E-state index contributed by atoms with van der Waals surface area (Å²) in [6.45, 7) is 0.761. The number of aromatic nitrogens is 1. The Balaban J connectivity index is 1.67. The molecule has 1 aromatic carbocycles. The molecule has 3 heterocycles. The molecule has 0 saturated carbocycles. The van der Waals surface area contributed by atoms with Crippen molar-refractivity contribution >= 4 is 26.8 Å². The zero-order valence-electron chi connectivity index (χ0n) is 13.0. The molecular weight excluding hydrogens is 354 g/mol. The van der Waals surface area contributed by atoms with Crippen LogP contribution in [0.4, 0.5) is 8.78 Å². The predicted molar refractivity (Wildman–Crippen MR) is 84.4 cm³/mol. The quantitative estimate of drug-likeness (QED) is 0.768. The summed E-state index contributed by atoms with van der Waals surface area (Å²) >= 11 is 0. The number of sulfonamides is 1. The third-order valence-corrected chi connectivity index (χ3v) is 7.35. The Morgan fingerprint density at radius 1 is 1.20 bits per heavy atom. The lowest BCUT2D eigenvalue weighted by Crippen LogP contribution is -2.68. The van der Waals surface area contributed by atoms with Gasteiger partial charge in [-0.25, -0.2) is 26.5 Å². The fourth-order valence-corrected chi connectivity index (χ4v) is 5.30. The van der Waals surface area contributed by atoms with Crippen molar-refractivity contribution in [2.75, 3.05) is 19.8 Å². The number of ether oxygens (including phenoxy) is 1. The van der Waals surface area contributed by atoms with Crippen LogP contribution >= 0.6 is 0 Å². The maximum atomic E-state index is 13.7. The summed E-state index contributed by atoms with van der Waals surface area (Å²) in [7, 11) is -3.79. The zero-order valence-corrected chi connectivity index (χ0v) is 13.9. The van der Waals surface area contributed by atoms with Crippen molar-refractivity contribution in [1.29, 1.82) is 0 Å². The first-order valence-corrected chi connectivity index (χ1v) is 9.18. The van der Waals surface area contributed by atoms with E-state index in [0.29, 0.717) is 26.1 Å². The topological polar surface area (TPSA) is 76.6 Å². The number of hydrogen-bond donors (Lipinski definition) is 0. The molecule has 2 aliphatic rings. The van der Waals surface area contributed by atoms with E-state index in [-0.39, 0.29) is 23.1 Å². The first kappa shape index (κ1) is 16.3. The summed E-state index contributed by atoms with van der Waals surface area (Å²) < 4.78 is 57.3. The molecule has 9 heteroatoms. The molecule has 2 aromatic rings. The highest BCUT2D eigenvalue weighted by atomic mass is 32.2. The van der Waals surface area contributed by atoms with Gasteiger partial charge in [0.15, 0.2) is 0 Å². The first-order valence-electron chi connectivity index (χ1n) is 7.74. The van der Waals surface area contributed by atoms with Gasteiger partial charge in [-0.3, -0.25) is 4.79 Å². The molecule has 4 rings (SSSR count). The van der Waals surface area contributed by atoms with Crippen LogP contribution < -0.4 is 0 Å². The Labute approximate surface area is 142 Å². The third-order valence-electron chi connectivity index (χ3n) is 4.84. The van der Waals surface area contributed by atoms with E-state index in [9.17, 15) is 22.0 Å². The largest absolute Gasteiger partial charge is 0.381 e. The first-order chi connectivity index (χ1) is 11.8. The minimum Gasteiger partial charge on any atom is -0.381 e. The molecule has 6 nitrogen and oxygen atoms in total. The number of carbonyl (C=O) groups excluding carboxylic acids is 1. The number of rotatable bonds is 1. The molecule has 0 atom stereocenters. The molecule has 0 unspecified atom stereocenters. The monoisotopic (exact) mass is 368 g/mol. The molecule has 2 fully saturated rings. The summed E-state index contributed by atoms with van der Waals surface area (Å²) in [5, 5.41) is 0.0605. The molecule has 2 aliphatic heterocycles. The van der Waals surface area contributed by atoms with E-state index in [1.165, 1.54) is 12.1 Å². The van der Waals surface area contributed by atoms with Crippen LogP contribution in [-0.4, -0.2) is 48.1 Å². The number of halogens is 2. The predicted octanol–water partition coefficient (Wildman–Crippen LogP) is 1.85. The van der Waals surface area contributed by atoms with Crippen LogP contribution in [0.1, 0.15) is 23.3 Å². The highest BCUT2D eigenvalue weighted by Gasteiger charge is 2.60. The maximum absolute atomic E-state index is 13.7. The van der Waals surface area contributed by atoms with Crippen molar-refractivity contribution in [1.82, 2.24) is 9.29 Å². The van der Waals surface area contributed by atoms with Crippen molar-refractivity contribution in [2.24, 2.45) is 0 Å². The van der Waals surface area contributed by atoms with Gasteiger partial charge >= 0.3 is 0 Å². The number of carbonyl (C=O) groups is 1. The van der Waals surface area contributed by atoms with Crippen LogP contribution in [0.15, 0.2) is 24.3 Å². The molecule has 25 heavy (non-hydrogen) atoms. The van der Waals surface area contributed by atoms with Crippen LogP contribution in [0.25, 0.3) is 10.9 Å². The van der Waals surface area contributed by atoms with Crippen molar-refractivity contribution in [2.45, 2.75) is 17.6 Å². The summed E-state index contributed by atoms with van der Waals surface area (Å²) in [5.74, 6) is -2.40. The maximum Gasteiger partial charge on any atom is 0.286 e. The second-order valence-electron chi connectivity index (χ2n) is 6.26. The van der Waals surface area contributed by atoms with Gasteiger partial charge in [0.2, 0.25) is 10.0 Å². The van der Waals surface area contributed by atoms with Gasteiger partial charge in [-0.05, 0) is 25.0 Å². The molecule has 132 valence electrons. The second kappa shape index (κ2) is 5.43. The van der Waals surface area contributed by atoms with Crippen molar-refractivity contribution in [3.63, 3.8) is 0 Å². The minimum absolute atomic E-state index is 0.0398. The zero-order chi connectivity index (χ0) is 17.8. The lowest BCUT2D eigenvalue weighted by Gasteiger charge is -2.50. The van der Waals surface area contributed by atoms with Gasteiger partial charge in [-0.2, -0.15) is 0 Å². The molecule has 2 saturated heterocycles. The van der Waals surface area contributed by atoms with Gasteiger partial charge in [0.1, 0.15) is 22.1 Å². The third kappa shape index (κ3) is 2.33. The number of hydrogen-bond acceptors (Lipinski definition) is 5. The van der Waals surface area contributed by atoms with Crippen LogP contribution in [-0.2, 0) is 14.8 Å². The van der Waals surface area contributed by atoms with E-state index in [2.05, 4.69) is 4.98 Å². The van der Waals surface area contributed by atoms with Crippen molar-refractivity contribution in [3.8, 4) is 0 Å². The SMILES string of the molecule is O=C(c1ccc2c(F)cc(F)cc2n1)N1CC2(CCOCC2)S1(=O)=O. The number of nitrogens with zero attached hydrogens (tertiary/aromatic N) is 2. The van der Waals surface area contributed by atoms with Crippen LogP contribution in [0.3, 0.4) is 0 Å². The molecule has 0 aliphatic carbocycles. The highest BCUT2D eigenvalue weighted by molar-refractivity contribution is 7.92. The van der Waals surface area contributed by atoms with E-state index in [0.717, 1.165) is 16.4 Å². The highest BCUT2D eigenvalue weighted by Crippen LogP contribution is 2.42. The van der Waals surface area contributed by atoms with Crippen molar-refractivity contribution < 1.29 is 26.7 Å². The van der Waals surface area contributed by atoms with Crippen LogP contribution in [0.2, 0.25) is 0 Å². The fraction of sp³-hybridized carbons (Fsp3) is 0.375. The minimum atomic E-state index is -3.79. The fourth-order valence-electron chi connectivity index (χ4n) is 3.34. The summed E-state index contributed by atoms with van der Waals surface area (Å²) in [6.07, 6.45) is 0.696. The van der Waals surface area contributed by atoms with Gasteiger partial charge in [0, 0.05) is 30.7 Å². The number of benzene rings is 1. The average Bonchev–Trinajstić information content (AvgIpc) is 2.59. The normalized spacial score (nSPS) is 21.3. The van der Waals surface area contributed by atoms with Crippen molar-refractivity contribution in [3.05, 3.63) is 41.6 Å². The standard InChI is InChI=1S/C16H14F2N2O4S/c17-10-7-12(18)11-1-2-13(19-14(11)8-10)15(21)20-9-16(25(20,22)23)3-5-24-6-4-16/h1-2,7-8H,3-6,9H2. The summed E-state index contributed by atoms with van der Waals surface area (Å²) in [4.78, 5) is 16.5. The van der Waals surface area contributed by atoms with E-state index in [1.54, 1.807) is 0 Å². The van der Waals surface area contributed by atoms with Crippen LogP contribution in [0.5, 0.6) is 0 Å². The lowest BCUT2D eigenvalue weighted by atomic mass is 9.98. The van der Waals surface area contributed by atoms with E-state index < -0.39 is 32.3 Å². The average molecular weight is 368 g/mol. The Morgan fingerprint density at radius 2 is 1.92 bits per heavy atom. The van der Waals surface area contributed by atoms with Crippen LogP contribution in [0, 0.1) is 11.6 Å². The molecular formula is C16H14F2N2O4S. The van der Waals surface area contributed by atoms with E-state index in [4.69, 9.17) is 4.74 Å². The number of amides is 1. The molecule has 0 N–H and O–H groups in total. The van der Waals surface area contributed by atoms with E-state index in [1.807, 2.05) is 0 Å². The molecule has 1 aromatic heterocycles. The Kier molecular flexibility index (Phi) is 3.55. The van der Waals surface area contributed by atoms with Gasteiger partial charge in [0.05, 0.1) is 12.1 Å². The second-order valence-corrected chi connectivity index (χ2v) is 8.52. The number of fused-ring (bicyclic) bond motifs is 1. The lowest BCUT2D eigenvalue weighted by molar-refractivity contribution is 0.0489.